The number of halogens is 2. The van der Waals surface area contributed by atoms with Gasteiger partial charge in [0.15, 0.2) is 0 Å². The quantitative estimate of drug-likeness (QED) is 0.846. The highest BCUT2D eigenvalue weighted by atomic mass is 79.9. The molecule has 1 aromatic carbocycles. The van der Waals surface area contributed by atoms with E-state index in [2.05, 4.69) is 15.9 Å². The summed E-state index contributed by atoms with van der Waals surface area (Å²) in [4.78, 5) is 0. The number of benzene rings is 1. The lowest BCUT2D eigenvalue weighted by Gasteiger charge is -2.31. The Morgan fingerprint density at radius 1 is 1.22 bits per heavy atom. The number of hydrogen-bond donors (Lipinski definition) is 2. The molecular weight excluding hydrogens is 299 g/mol. The lowest BCUT2D eigenvalue weighted by Crippen LogP contribution is -2.34. The average molecular weight is 319 g/mol. The van der Waals surface area contributed by atoms with Crippen LogP contribution in [0, 0.1) is 17.2 Å². The Morgan fingerprint density at radius 3 is 2.28 bits per heavy atom. The molecule has 102 valence electrons. The first-order valence-electron chi connectivity index (χ1n) is 6.07. The van der Waals surface area contributed by atoms with Crippen molar-refractivity contribution >= 4 is 15.9 Å². The van der Waals surface area contributed by atoms with Gasteiger partial charge in [0.2, 0.25) is 0 Å². The second-order valence-corrected chi connectivity index (χ2v) is 6.28. The van der Waals surface area contributed by atoms with Gasteiger partial charge in [0.1, 0.15) is 5.82 Å². The zero-order valence-corrected chi connectivity index (χ0v) is 12.4. The third kappa shape index (κ3) is 4.34. The topological polar surface area (TPSA) is 40.5 Å². The molecule has 0 aliphatic carbocycles. The van der Waals surface area contributed by atoms with Crippen molar-refractivity contribution in [1.29, 1.82) is 0 Å². The Hall–Kier alpha value is -0.450. The van der Waals surface area contributed by atoms with Crippen LogP contribution >= 0.6 is 15.9 Å². The van der Waals surface area contributed by atoms with Gasteiger partial charge in [-0.15, -0.1) is 0 Å². The molecular formula is C14H20BrFO2. The molecule has 0 unspecified atom stereocenters. The van der Waals surface area contributed by atoms with Gasteiger partial charge in [-0.05, 0) is 42.5 Å². The Labute approximate surface area is 116 Å². The average Bonchev–Trinajstić information content (AvgIpc) is 2.26. The number of aliphatic hydroxyl groups is 2. The molecule has 0 bridgehead atoms. The maximum Gasteiger partial charge on any atom is 0.124 e. The summed E-state index contributed by atoms with van der Waals surface area (Å²) in [6.45, 7) is 3.88. The second kappa shape index (κ2) is 6.64. The summed E-state index contributed by atoms with van der Waals surface area (Å²) in [7, 11) is 0. The molecule has 0 aliphatic heterocycles. The van der Waals surface area contributed by atoms with Crippen molar-refractivity contribution in [2.45, 2.75) is 26.7 Å². The van der Waals surface area contributed by atoms with Gasteiger partial charge in [0.05, 0.1) is 13.2 Å². The van der Waals surface area contributed by atoms with Crippen molar-refractivity contribution in [3.05, 3.63) is 34.1 Å². The standard InChI is InChI=1S/C14H20BrFO2/c1-10(2)6-14(8-17,9-18)7-11-3-12(15)5-13(16)4-11/h3-5,10,17-18H,6-9H2,1-2H3. The van der Waals surface area contributed by atoms with E-state index < -0.39 is 5.41 Å². The largest absolute Gasteiger partial charge is 0.396 e. The third-order valence-electron chi connectivity index (χ3n) is 3.01. The monoisotopic (exact) mass is 318 g/mol. The maximum absolute atomic E-state index is 13.3. The number of hydrogen-bond acceptors (Lipinski definition) is 2. The summed E-state index contributed by atoms with van der Waals surface area (Å²) in [6.07, 6.45) is 1.17. The molecule has 0 saturated carbocycles. The molecule has 0 fully saturated rings. The molecule has 0 saturated heterocycles. The van der Waals surface area contributed by atoms with E-state index in [1.54, 1.807) is 0 Å². The van der Waals surface area contributed by atoms with Gasteiger partial charge in [-0.25, -0.2) is 4.39 Å². The lowest BCUT2D eigenvalue weighted by atomic mass is 9.76. The van der Waals surface area contributed by atoms with E-state index >= 15 is 0 Å². The molecule has 0 aromatic heterocycles. The minimum absolute atomic E-state index is 0.101. The fourth-order valence-corrected chi connectivity index (χ4v) is 2.89. The van der Waals surface area contributed by atoms with E-state index in [4.69, 9.17) is 0 Å². The van der Waals surface area contributed by atoms with Crippen molar-refractivity contribution < 1.29 is 14.6 Å². The first-order chi connectivity index (χ1) is 8.40. The third-order valence-corrected chi connectivity index (χ3v) is 3.47. The van der Waals surface area contributed by atoms with Crippen molar-refractivity contribution in [3.63, 3.8) is 0 Å². The van der Waals surface area contributed by atoms with Gasteiger partial charge < -0.3 is 10.2 Å². The normalized spacial score (nSPS) is 12.2. The molecule has 2 N–H and O–H groups in total. The fourth-order valence-electron chi connectivity index (χ4n) is 2.38. The predicted octanol–water partition coefficient (Wildman–Crippen LogP) is 3.15. The van der Waals surface area contributed by atoms with Crippen LogP contribution in [-0.4, -0.2) is 23.4 Å². The molecule has 0 aliphatic rings. The van der Waals surface area contributed by atoms with Gasteiger partial charge in [-0.2, -0.15) is 0 Å². The van der Waals surface area contributed by atoms with Crippen molar-refractivity contribution in [1.82, 2.24) is 0 Å². The van der Waals surface area contributed by atoms with E-state index in [-0.39, 0.29) is 19.0 Å². The highest BCUT2D eigenvalue weighted by molar-refractivity contribution is 9.10. The molecule has 0 amide bonds. The summed E-state index contributed by atoms with van der Waals surface area (Å²) >= 11 is 3.25. The number of aliphatic hydroxyl groups excluding tert-OH is 2. The minimum atomic E-state index is -0.582. The minimum Gasteiger partial charge on any atom is -0.396 e. The summed E-state index contributed by atoms with van der Waals surface area (Å²) in [5.41, 5.74) is 0.201. The lowest BCUT2D eigenvalue weighted by molar-refractivity contribution is 0.0369. The molecule has 0 spiro atoms. The van der Waals surface area contributed by atoms with Crippen LogP contribution in [0.5, 0.6) is 0 Å². The van der Waals surface area contributed by atoms with Crippen LogP contribution in [0.25, 0.3) is 0 Å². The van der Waals surface area contributed by atoms with Gasteiger partial charge in [0, 0.05) is 9.89 Å². The van der Waals surface area contributed by atoms with Crippen molar-refractivity contribution in [2.75, 3.05) is 13.2 Å². The van der Waals surface area contributed by atoms with Crippen LogP contribution in [0.3, 0.4) is 0 Å². The van der Waals surface area contributed by atoms with Crippen molar-refractivity contribution in [3.8, 4) is 0 Å². The van der Waals surface area contributed by atoms with Gasteiger partial charge in [-0.1, -0.05) is 29.8 Å². The second-order valence-electron chi connectivity index (χ2n) is 5.37. The van der Waals surface area contributed by atoms with E-state index in [0.717, 1.165) is 5.56 Å². The first-order valence-corrected chi connectivity index (χ1v) is 6.87. The van der Waals surface area contributed by atoms with Crippen molar-refractivity contribution in [2.24, 2.45) is 11.3 Å². The zero-order valence-electron chi connectivity index (χ0n) is 10.8. The predicted molar refractivity (Wildman–Crippen MR) is 73.9 cm³/mol. The van der Waals surface area contributed by atoms with E-state index in [1.807, 2.05) is 19.9 Å². The van der Waals surface area contributed by atoms with Crippen LogP contribution in [0.4, 0.5) is 4.39 Å². The Bertz CT molecular complexity index is 369. The highest BCUT2D eigenvalue weighted by Gasteiger charge is 2.30. The summed E-state index contributed by atoms with van der Waals surface area (Å²) in [6, 6.07) is 4.67. The van der Waals surface area contributed by atoms with Crippen LogP contribution in [0.15, 0.2) is 22.7 Å². The smallest absolute Gasteiger partial charge is 0.124 e. The van der Waals surface area contributed by atoms with Gasteiger partial charge >= 0.3 is 0 Å². The zero-order chi connectivity index (χ0) is 13.8. The van der Waals surface area contributed by atoms with Crippen LogP contribution in [-0.2, 0) is 6.42 Å². The van der Waals surface area contributed by atoms with E-state index in [9.17, 15) is 14.6 Å². The Kier molecular flexibility index (Phi) is 5.76. The van der Waals surface area contributed by atoms with Gasteiger partial charge in [-0.3, -0.25) is 0 Å². The van der Waals surface area contributed by atoms with Crippen LogP contribution < -0.4 is 0 Å². The summed E-state index contributed by atoms with van der Waals surface area (Å²) in [5, 5.41) is 19.1. The molecule has 1 aromatic rings. The van der Waals surface area contributed by atoms with Crippen LogP contribution in [0.2, 0.25) is 0 Å². The maximum atomic E-state index is 13.3. The highest BCUT2D eigenvalue weighted by Crippen LogP contribution is 2.31. The number of rotatable bonds is 6. The summed E-state index contributed by atoms with van der Waals surface area (Å²) in [5.74, 6) is 0.0509. The molecule has 0 radical (unpaired) electrons. The fraction of sp³-hybridized carbons (Fsp3) is 0.571. The van der Waals surface area contributed by atoms with Gasteiger partial charge in [0.25, 0.3) is 0 Å². The Balaban J connectivity index is 2.95. The van der Waals surface area contributed by atoms with E-state index in [1.165, 1.54) is 12.1 Å². The Morgan fingerprint density at radius 2 is 1.83 bits per heavy atom. The molecule has 0 atom stereocenters. The molecule has 18 heavy (non-hydrogen) atoms. The van der Waals surface area contributed by atoms with E-state index in [0.29, 0.717) is 23.2 Å². The molecule has 1 rings (SSSR count). The molecule has 2 nitrogen and oxygen atoms in total. The first kappa shape index (κ1) is 15.6. The SMILES string of the molecule is CC(C)CC(CO)(CO)Cc1cc(F)cc(Br)c1. The molecule has 0 heterocycles. The van der Waals surface area contributed by atoms with Crippen LogP contribution in [0.1, 0.15) is 25.8 Å². The molecule has 4 heteroatoms. The summed E-state index contributed by atoms with van der Waals surface area (Å²) < 4.78 is 14.0.